The van der Waals surface area contributed by atoms with Gasteiger partial charge < -0.3 is 4.42 Å². The fourth-order valence-corrected chi connectivity index (χ4v) is 7.85. The molecule has 0 fully saturated rings. The Kier molecular flexibility index (Phi) is 9.38. The number of para-hydroxylation sites is 1. The molecule has 34 radical (unpaired) electrons. The maximum absolute atomic E-state index is 6.98. The molecule has 0 N–H and O–H groups in total. The van der Waals surface area contributed by atoms with Gasteiger partial charge in [-0.3, -0.25) is 0 Å². The number of rotatable bonds is 3. The smallest absolute Gasteiger partial charge is 0.135 e. The van der Waals surface area contributed by atoms with Gasteiger partial charge in [-0.05, 0) is 73.1 Å². The van der Waals surface area contributed by atoms with Crippen LogP contribution >= 0.6 is 0 Å². The molecular formula is C38H7B17O. The average Bonchev–Trinajstić information content (AvgIpc) is 3.56. The second-order valence-electron chi connectivity index (χ2n) is 13.7. The molecule has 0 aliphatic rings. The van der Waals surface area contributed by atoms with Gasteiger partial charge in [0, 0.05) is 10.8 Å². The van der Waals surface area contributed by atoms with E-state index in [0.29, 0.717) is 33.1 Å². The van der Waals surface area contributed by atoms with E-state index < -0.39 is 0 Å². The predicted octanol–water partition coefficient (Wildman–Crippen LogP) is -9.61. The van der Waals surface area contributed by atoms with Crippen LogP contribution in [0.1, 0.15) is 0 Å². The Bertz CT molecular complexity index is 2970. The van der Waals surface area contributed by atoms with E-state index in [4.69, 9.17) is 138 Å². The standard InChI is InChI=1S/C38H7B17O/c39-22-15-13(8-5-6-12-10(7-8)9-3-1-2-4-11(9)56-12)16-18(25(42)35(52)33(50)23(16)40)14(17(15)24(41)34(51)32(22)49)19-26(43)28(45)20(29(46)27(19)44)21-30(47)36(53)38(55)37(54)31(21)48/h1-7H. The van der Waals surface area contributed by atoms with Gasteiger partial charge in [0.25, 0.3) is 0 Å². The molecule has 0 saturated carbocycles. The lowest BCUT2D eigenvalue weighted by atomic mass is 9.55. The van der Waals surface area contributed by atoms with Crippen molar-refractivity contribution in [2.75, 3.05) is 0 Å². The molecule has 0 bridgehead atoms. The molecule has 1 aromatic heterocycles. The minimum Gasteiger partial charge on any atom is -0.456 e. The first-order valence-corrected chi connectivity index (χ1v) is 16.9. The highest BCUT2D eigenvalue weighted by molar-refractivity contribution is 6.74. The minimum absolute atomic E-state index is 0.000599. The monoisotopic (exact) mass is 666 g/mol. The fourth-order valence-electron chi connectivity index (χ4n) is 7.85. The molecule has 1 heterocycles. The zero-order valence-electron chi connectivity index (χ0n) is 29.8. The number of fused-ring (bicyclic) bond motifs is 5. The lowest BCUT2D eigenvalue weighted by Crippen LogP contribution is -2.57. The third-order valence-corrected chi connectivity index (χ3v) is 10.8. The molecule has 0 spiro atoms. The van der Waals surface area contributed by atoms with Crippen LogP contribution in [0.4, 0.5) is 0 Å². The topological polar surface area (TPSA) is 13.1 Å². The SMILES string of the molecule is [B]c1c([B])c([B])c(-c2c([B])c([B])c(-c3c4c([B])c([B])c([B])c([B])c4c(-c4ccc5oc6ccccc6c5c4)c4c([B])c([B])c([B])c([B])c34)c([B])c2[B])c([B])c1[B]. The zero-order valence-corrected chi connectivity index (χ0v) is 29.8. The molecule has 18 heteroatoms. The summed E-state index contributed by atoms with van der Waals surface area (Å²) in [6.07, 6.45) is 0. The normalized spacial score (nSPS) is 11.7. The van der Waals surface area contributed by atoms with Gasteiger partial charge >= 0.3 is 0 Å². The Balaban J connectivity index is 1.63. The van der Waals surface area contributed by atoms with E-state index in [0.717, 1.165) is 10.8 Å². The van der Waals surface area contributed by atoms with E-state index in [2.05, 4.69) is 0 Å². The maximum atomic E-state index is 6.98. The molecule has 216 valence electrons. The van der Waals surface area contributed by atoms with Gasteiger partial charge in [-0.25, -0.2) is 0 Å². The molecule has 1 nitrogen and oxygen atoms in total. The lowest BCUT2D eigenvalue weighted by molar-refractivity contribution is 0.669. The Labute approximate surface area is 348 Å². The van der Waals surface area contributed by atoms with Gasteiger partial charge in [0.1, 0.15) is 145 Å². The summed E-state index contributed by atoms with van der Waals surface area (Å²) in [5.41, 5.74) is 2.14. The first-order chi connectivity index (χ1) is 26.4. The van der Waals surface area contributed by atoms with Crippen LogP contribution in [0.25, 0.3) is 76.9 Å². The average molecular weight is 663 g/mol. The highest BCUT2D eigenvalue weighted by Gasteiger charge is 2.28. The van der Waals surface area contributed by atoms with E-state index in [1.807, 2.05) is 42.5 Å². The molecule has 0 amide bonds. The molecule has 8 rings (SSSR count). The highest BCUT2D eigenvalue weighted by atomic mass is 16.3. The van der Waals surface area contributed by atoms with Crippen LogP contribution < -0.4 is 92.9 Å². The summed E-state index contributed by atoms with van der Waals surface area (Å²) in [6.45, 7) is 0. The summed E-state index contributed by atoms with van der Waals surface area (Å²) >= 11 is 0. The Morgan fingerprint density at radius 1 is 0.268 bits per heavy atom. The Hall–Kier alpha value is -4.04. The summed E-state index contributed by atoms with van der Waals surface area (Å²) in [5, 5.41) is 2.74. The van der Waals surface area contributed by atoms with Gasteiger partial charge in [0.15, 0.2) is 0 Å². The summed E-state index contributed by atoms with van der Waals surface area (Å²) in [7, 11) is 113. The third-order valence-electron chi connectivity index (χ3n) is 10.8. The minimum atomic E-state index is -0.110. The number of hydrogen-bond donors (Lipinski definition) is 0. The predicted molar refractivity (Wildman–Crippen MR) is 257 cm³/mol. The summed E-state index contributed by atoms with van der Waals surface area (Å²) in [6, 6.07) is 13.2. The number of furan rings is 1. The second kappa shape index (κ2) is 13.5. The van der Waals surface area contributed by atoms with Crippen molar-refractivity contribution < 1.29 is 4.42 Å². The van der Waals surface area contributed by atoms with Gasteiger partial charge in [0.2, 0.25) is 0 Å². The summed E-state index contributed by atoms with van der Waals surface area (Å²) in [4.78, 5) is 0. The molecular weight excluding hydrogens is 656 g/mol. The highest BCUT2D eigenvalue weighted by Crippen LogP contribution is 2.41. The van der Waals surface area contributed by atoms with Crippen LogP contribution in [-0.4, -0.2) is 133 Å². The molecule has 7 aromatic carbocycles. The van der Waals surface area contributed by atoms with Crippen molar-refractivity contribution in [1.29, 1.82) is 0 Å². The first-order valence-electron chi connectivity index (χ1n) is 16.9. The molecule has 0 atom stereocenters. The largest absolute Gasteiger partial charge is 0.456 e. The van der Waals surface area contributed by atoms with Crippen LogP contribution in [0.2, 0.25) is 0 Å². The van der Waals surface area contributed by atoms with Crippen molar-refractivity contribution >= 4 is 270 Å². The Morgan fingerprint density at radius 3 is 1.04 bits per heavy atom. The molecule has 0 saturated heterocycles. The van der Waals surface area contributed by atoms with E-state index in [1.54, 1.807) is 0 Å². The quantitative estimate of drug-likeness (QED) is 0.135. The van der Waals surface area contributed by atoms with E-state index in [1.165, 1.54) is 0 Å². The van der Waals surface area contributed by atoms with Crippen molar-refractivity contribution in [3.05, 3.63) is 42.5 Å². The third kappa shape index (κ3) is 5.19. The van der Waals surface area contributed by atoms with Gasteiger partial charge in [-0.15, -0.1) is 38.2 Å². The van der Waals surface area contributed by atoms with Crippen molar-refractivity contribution in [3.8, 4) is 33.4 Å². The number of hydrogen-bond acceptors (Lipinski definition) is 1. The molecule has 56 heavy (non-hydrogen) atoms. The second-order valence-corrected chi connectivity index (χ2v) is 13.7. The number of benzene rings is 7. The summed E-state index contributed by atoms with van der Waals surface area (Å²) in [5.74, 6) is 0. The van der Waals surface area contributed by atoms with Crippen molar-refractivity contribution in [1.82, 2.24) is 0 Å². The van der Waals surface area contributed by atoms with Gasteiger partial charge in [-0.2, -0.15) is 0 Å². The fraction of sp³-hybridized carbons (Fsp3) is 0. The molecule has 0 aliphatic heterocycles. The van der Waals surface area contributed by atoms with E-state index in [9.17, 15) is 0 Å². The van der Waals surface area contributed by atoms with E-state index in [-0.39, 0.29) is 126 Å². The van der Waals surface area contributed by atoms with Crippen LogP contribution in [-0.2, 0) is 0 Å². The van der Waals surface area contributed by atoms with Crippen LogP contribution in [0.5, 0.6) is 0 Å². The van der Waals surface area contributed by atoms with Gasteiger partial charge in [0.05, 0.1) is 0 Å². The van der Waals surface area contributed by atoms with Crippen LogP contribution in [0.3, 0.4) is 0 Å². The van der Waals surface area contributed by atoms with Gasteiger partial charge in [-0.1, -0.05) is 78.9 Å². The molecule has 8 aromatic rings. The molecule has 0 aliphatic carbocycles. The first kappa shape index (κ1) is 38.8. The summed E-state index contributed by atoms with van der Waals surface area (Å²) < 4.78 is 6.12. The Morgan fingerprint density at radius 2 is 0.589 bits per heavy atom. The molecule has 0 unspecified atom stereocenters. The zero-order chi connectivity index (χ0) is 40.6. The lowest BCUT2D eigenvalue weighted by Gasteiger charge is -2.32. The van der Waals surface area contributed by atoms with Crippen molar-refractivity contribution in [2.24, 2.45) is 0 Å². The van der Waals surface area contributed by atoms with E-state index >= 15 is 0 Å². The van der Waals surface area contributed by atoms with Crippen LogP contribution in [0, 0.1) is 0 Å². The van der Waals surface area contributed by atoms with Crippen LogP contribution in [0.15, 0.2) is 46.9 Å². The maximum Gasteiger partial charge on any atom is 0.135 e. The van der Waals surface area contributed by atoms with Crippen molar-refractivity contribution in [2.45, 2.75) is 0 Å². The van der Waals surface area contributed by atoms with Crippen molar-refractivity contribution in [3.63, 3.8) is 0 Å².